The van der Waals surface area contributed by atoms with Crippen LogP contribution in [0.2, 0.25) is 0 Å². The standard InChI is InChI=1S/C17H22N2O5/c1-11-8-19(9-13(11)17(22)23)16(21)12-6-4-5-7-14(12)24-10-15(20)18(2)3/h4-7,11,13H,8-10H2,1-3H3,(H,22,23)/t11-,13-/m1/s1. The van der Waals surface area contributed by atoms with E-state index in [-0.39, 0.29) is 30.9 Å². The number of carbonyl (C=O) groups is 3. The number of hydrogen-bond acceptors (Lipinski definition) is 4. The Balaban J connectivity index is 2.13. The number of aliphatic carboxylic acids is 1. The number of amides is 2. The lowest BCUT2D eigenvalue weighted by Gasteiger charge is -2.19. The Kier molecular flexibility index (Phi) is 5.43. The van der Waals surface area contributed by atoms with Crippen LogP contribution >= 0.6 is 0 Å². The van der Waals surface area contributed by atoms with Gasteiger partial charge in [-0.25, -0.2) is 0 Å². The fraction of sp³-hybridized carbons (Fsp3) is 0.471. The van der Waals surface area contributed by atoms with E-state index in [1.165, 1.54) is 9.80 Å². The van der Waals surface area contributed by atoms with Crippen molar-refractivity contribution >= 4 is 17.8 Å². The van der Waals surface area contributed by atoms with Gasteiger partial charge in [0, 0.05) is 27.2 Å². The predicted molar refractivity (Wildman–Crippen MR) is 86.8 cm³/mol. The van der Waals surface area contributed by atoms with E-state index in [1.54, 1.807) is 38.4 Å². The minimum Gasteiger partial charge on any atom is -0.483 e. The number of likely N-dealkylation sites (tertiary alicyclic amines) is 1. The second-order valence-corrected chi connectivity index (χ2v) is 6.21. The summed E-state index contributed by atoms with van der Waals surface area (Å²) in [5, 5.41) is 9.20. The predicted octanol–water partition coefficient (Wildman–Crippen LogP) is 0.946. The SMILES string of the molecule is C[C@@H]1CN(C(=O)c2ccccc2OCC(=O)N(C)C)C[C@H]1C(=O)O. The van der Waals surface area contributed by atoms with E-state index in [0.29, 0.717) is 17.9 Å². The van der Waals surface area contributed by atoms with Crippen molar-refractivity contribution in [3.63, 3.8) is 0 Å². The Morgan fingerprint density at radius 1 is 1.25 bits per heavy atom. The number of para-hydroxylation sites is 1. The molecule has 0 saturated carbocycles. The Morgan fingerprint density at radius 2 is 1.92 bits per heavy atom. The highest BCUT2D eigenvalue weighted by atomic mass is 16.5. The van der Waals surface area contributed by atoms with Gasteiger partial charge in [-0.2, -0.15) is 0 Å². The quantitative estimate of drug-likeness (QED) is 0.866. The van der Waals surface area contributed by atoms with Gasteiger partial charge in [-0.3, -0.25) is 14.4 Å². The van der Waals surface area contributed by atoms with Crippen molar-refractivity contribution in [1.29, 1.82) is 0 Å². The zero-order chi connectivity index (χ0) is 17.9. The van der Waals surface area contributed by atoms with E-state index in [4.69, 9.17) is 4.74 Å². The third kappa shape index (κ3) is 3.84. The van der Waals surface area contributed by atoms with Gasteiger partial charge < -0.3 is 19.6 Å². The molecule has 0 bridgehead atoms. The summed E-state index contributed by atoms with van der Waals surface area (Å²) < 4.78 is 5.49. The number of carboxylic acid groups (broad SMARTS) is 1. The molecule has 2 amide bonds. The molecule has 0 unspecified atom stereocenters. The van der Waals surface area contributed by atoms with Crippen molar-refractivity contribution in [3.8, 4) is 5.75 Å². The maximum atomic E-state index is 12.7. The van der Waals surface area contributed by atoms with E-state index in [0.717, 1.165) is 0 Å². The molecular formula is C17H22N2O5. The van der Waals surface area contributed by atoms with Crippen LogP contribution in [0.25, 0.3) is 0 Å². The fourth-order valence-corrected chi connectivity index (χ4v) is 2.66. The third-order valence-corrected chi connectivity index (χ3v) is 4.18. The van der Waals surface area contributed by atoms with Gasteiger partial charge in [0.05, 0.1) is 11.5 Å². The van der Waals surface area contributed by atoms with Gasteiger partial charge in [-0.05, 0) is 18.1 Å². The van der Waals surface area contributed by atoms with E-state index >= 15 is 0 Å². The monoisotopic (exact) mass is 334 g/mol. The highest BCUT2D eigenvalue weighted by Crippen LogP contribution is 2.27. The van der Waals surface area contributed by atoms with Gasteiger partial charge in [-0.1, -0.05) is 19.1 Å². The molecule has 2 atom stereocenters. The Hall–Kier alpha value is -2.57. The fourth-order valence-electron chi connectivity index (χ4n) is 2.66. The van der Waals surface area contributed by atoms with Crippen LogP contribution in [0.15, 0.2) is 24.3 Å². The van der Waals surface area contributed by atoms with Crippen molar-refractivity contribution in [2.75, 3.05) is 33.8 Å². The minimum absolute atomic E-state index is 0.102. The summed E-state index contributed by atoms with van der Waals surface area (Å²) in [5.41, 5.74) is 0.335. The van der Waals surface area contributed by atoms with E-state index in [1.807, 2.05) is 6.92 Å². The molecule has 1 saturated heterocycles. The van der Waals surface area contributed by atoms with Gasteiger partial charge in [0.2, 0.25) is 0 Å². The van der Waals surface area contributed by atoms with Crippen molar-refractivity contribution in [1.82, 2.24) is 9.80 Å². The second kappa shape index (κ2) is 7.33. The van der Waals surface area contributed by atoms with Crippen LogP contribution in [0.1, 0.15) is 17.3 Å². The Morgan fingerprint density at radius 3 is 2.50 bits per heavy atom. The average molecular weight is 334 g/mol. The molecule has 7 heteroatoms. The first-order valence-corrected chi connectivity index (χ1v) is 7.75. The van der Waals surface area contributed by atoms with Crippen LogP contribution in [-0.2, 0) is 9.59 Å². The molecule has 1 aliphatic rings. The van der Waals surface area contributed by atoms with Crippen molar-refractivity contribution < 1.29 is 24.2 Å². The summed E-state index contributed by atoms with van der Waals surface area (Å²) in [5.74, 6) is -1.72. The summed E-state index contributed by atoms with van der Waals surface area (Å²) in [6, 6.07) is 6.68. The van der Waals surface area contributed by atoms with Gasteiger partial charge in [-0.15, -0.1) is 0 Å². The smallest absolute Gasteiger partial charge is 0.308 e. The van der Waals surface area contributed by atoms with Gasteiger partial charge in [0.1, 0.15) is 5.75 Å². The zero-order valence-corrected chi connectivity index (χ0v) is 14.1. The van der Waals surface area contributed by atoms with Crippen LogP contribution in [-0.4, -0.2) is 66.5 Å². The van der Waals surface area contributed by atoms with E-state index in [2.05, 4.69) is 0 Å². The summed E-state index contributed by atoms with van der Waals surface area (Å²) in [7, 11) is 3.25. The lowest BCUT2D eigenvalue weighted by atomic mass is 9.99. The number of ether oxygens (including phenoxy) is 1. The summed E-state index contributed by atoms with van der Waals surface area (Å²) in [4.78, 5) is 38.5. The molecule has 130 valence electrons. The Bertz CT molecular complexity index is 644. The van der Waals surface area contributed by atoms with E-state index < -0.39 is 11.9 Å². The van der Waals surface area contributed by atoms with Gasteiger partial charge in [0.25, 0.3) is 11.8 Å². The summed E-state index contributed by atoms with van der Waals surface area (Å²) in [6.07, 6.45) is 0. The molecule has 7 nitrogen and oxygen atoms in total. The molecule has 0 aliphatic carbocycles. The molecule has 1 aromatic rings. The molecule has 1 fully saturated rings. The summed E-state index contributed by atoms with van der Waals surface area (Å²) in [6.45, 7) is 2.23. The third-order valence-electron chi connectivity index (χ3n) is 4.18. The van der Waals surface area contributed by atoms with Crippen LogP contribution in [0.5, 0.6) is 5.75 Å². The second-order valence-electron chi connectivity index (χ2n) is 6.21. The summed E-state index contributed by atoms with van der Waals surface area (Å²) >= 11 is 0. The molecule has 1 heterocycles. The molecule has 0 radical (unpaired) electrons. The zero-order valence-electron chi connectivity index (χ0n) is 14.1. The average Bonchev–Trinajstić information content (AvgIpc) is 2.94. The number of rotatable bonds is 5. The van der Waals surface area contributed by atoms with Crippen LogP contribution in [0.4, 0.5) is 0 Å². The first-order chi connectivity index (χ1) is 11.3. The Labute approximate surface area is 140 Å². The van der Waals surface area contributed by atoms with Gasteiger partial charge >= 0.3 is 5.97 Å². The number of nitrogens with zero attached hydrogens (tertiary/aromatic N) is 2. The van der Waals surface area contributed by atoms with E-state index in [9.17, 15) is 19.5 Å². The lowest BCUT2D eigenvalue weighted by molar-refractivity contribution is -0.142. The molecule has 24 heavy (non-hydrogen) atoms. The van der Waals surface area contributed by atoms with Crippen LogP contribution < -0.4 is 4.74 Å². The molecule has 1 N–H and O–H groups in total. The normalized spacial score (nSPS) is 19.9. The maximum absolute atomic E-state index is 12.7. The van der Waals surface area contributed by atoms with Crippen molar-refractivity contribution in [3.05, 3.63) is 29.8 Å². The molecule has 1 aromatic carbocycles. The largest absolute Gasteiger partial charge is 0.483 e. The number of carbonyl (C=O) groups excluding carboxylic acids is 2. The number of hydrogen-bond donors (Lipinski definition) is 1. The number of benzene rings is 1. The molecular weight excluding hydrogens is 312 g/mol. The molecule has 2 rings (SSSR count). The minimum atomic E-state index is -0.890. The van der Waals surface area contributed by atoms with Crippen LogP contribution in [0.3, 0.4) is 0 Å². The topological polar surface area (TPSA) is 87.2 Å². The molecule has 0 aromatic heterocycles. The lowest BCUT2D eigenvalue weighted by Crippen LogP contribution is -2.31. The van der Waals surface area contributed by atoms with Crippen molar-refractivity contribution in [2.24, 2.45) is 11.8 Å². The highest BCUT2D eigenvalue weighted by Gasteiger charge is 2.37. The van der Waals surface area contributed by atoms with Crippen molar-refractivity contribution in [2.45, 2.75) is 6.92 Å². The van der Waals surface area contributed by atoms with Gasteiger partial charge in [0.15, 0.2) is 6.61 Å². The molecule has 0 spiro atoms. The highest BCUT2D eigenvalue weighted by molar-refractivity contribution is 5.97. The van der Waals surface area contributed by atoms with Crippen LogP contribution in [0, 0.1) is 11.8 Å². The number of carboxylic acids is 1. The number of likely N-dealkylation sites (N-methyl/N-ethyl adjacent to an activating group) is 1. The first-order valence-electron chi connectivity index (χ1n) is 7.75. The molecule has 1 aliphatic heterocycles. The first kappa shape index (κ1) is 17.8. The maximum Gasteiger partial charge on any atom is 0.308 e.